The summed E-state index contributed by atoms with van der Waals surface area (Å²) in [6.07, 6.45) is 4.36. The summed E-state index contributed by atoms with van der Waals surface area (Å²) in [5.41, 5.74) is 3.93. The van der Waals surface area contributed by atoms with Crippen LogP contribution in [0.1, 0.15) is 36.2 Å². The van der Waals surface area contributed by atoms with Gasteiger partial charge in [0.1, 0.15) is 23.7 Å². The van der Waals surface area contributed by atoms with E-state index in [1.54, 1.807) is 13.2 Å². The van der Waals surface area contributed by atoms with E-state index in [-0.39, 0.29) is 11.2 Å². The summed E-state index contributed by atoms with van der Waals surface area (Å²) >= 11 is 0. The largest absolute Gasteiger partial charge is 0.497 e. The fourth-order valence-corrected chi connectivity index (χ4v) is 4.65. The molecule has 0 bridgehead atoms. The molecule has 3 aromatic carbocycles. The number of piperidine rings is 1. The topological polar surface area (TPSA) is 58.2 Å². The minimum absolute atomic E-state index is 0.122. The quantitative estimate of drug-likeness (QED) is 0.374. The number of halogens is 1. The number of benzene rings is 3. The fourth-order valence-electron chi connectivity index (χ4n) is 4.65. The molecule has 0 unspecified atom stereocenters. The van der Waals surface area contributed by atoms with Gasteiger partial charge in [0, 0.05) is 6.42 Å². The van der Waals surface area contributed by atoms with Gasteiger partial charge >= 0.3 is 0 Å². The van der Waals surface area contributed by atoms with Gasteiger partial charge in [-0.05, 0) is 80.9 Å². The Kier molecular flexibility index (Phi) is 7.93. The van der Waals surface area contributed by atoms with Gasteiger partial charge in [0.15, 0.2) is 0 Å². The maximum atomic E-state index is 13.5. The van der Waals surface area contributed by atoms with Crippen molar-refractivity contribution in [1.82, 2.24) is 14.9 Å². The van der Waals surface area contributed by atoms with E-state index in [2.05, 4.69) is 41.2 Å². The van der Waals surface area contributed by atoms with Gasteiger partial charge in [-0.25, -0.2) is 9.37 Å². The monoisotopic (exact) mass is 473 g/mol. The summed E-state index contributed by atoms with van der Waals surface area (Å²) < 4.78 is 18.5. The number of methoxy groups -OCH3 is 1. The zero-order valence-corrected chi connectivity index (χ0v) is 20.3. The molecule has 2 heterocycles. The van der Waals surface area contributed by atoms with Crippen molar-refractivity contribution < 1.29 is 13.9 Å². The number of nitrogens with zero attached hydrogens (tertiary/aromatic N) is 2. The van der Waals surface area contributed by atoms with Gasteiger partial charge < -0.3 is 19.4 Å². The van der Waals surface area contributed by atoms with E-state index < -0.39 is 0 Å². The second-order valence-corrected chi connectivity index (χ2v) is 9.05. The second kappa shape index (κ2) is 11.3. The molecule has 1 aliphatic heterocycles. The van der Waals surface area contributed by atoms with Gasteiger partial charge in [0.2, 0.25) is 0 Å². The van der Waals surface area contributed by atoms with Crippen LogP contribution >= 0.6 is 0 Å². The Morgan fingerprint density at radius 3 is 2.43 bits per heavy atom. The van der Waals surface area contributed by atoms with E-state index in [9.17, 15) is 9.18 Å². The lowest BCUT2D eigenvalue weighted by molar-refractivity contribution is -0.107. The molecule has 4 aromatic rings. The minimum Gasteiger partial charge on any atom is -0.497 e. The van der Waals surface area contributed by atoms with E-state index in [1.807, 2.05) is 30.3 Å². The fraction of sp³-hybridized carbons (Fsp3) is 0.310. The first-order valence-electron chi connectivity index (χ1n) is 12.0. The van der Waals surface area contributed by atoms with Crippen LogP contribution in [-0.4, -0.2) is 48.4 Å². The van der Waals surface area contributed by atoms with Crippen molar-refractivity contribution in [3.63, 3.8) is 0 Å². The van der Waals surface area contributed by atoms with Gasteiger partial charge in [-0.3, -0.25) is 0 Å². The molecule has 1 saturated heterocycles. The van der Waals surface area contributed by atoms with Gasteiger partial charge in [-0.15, -0.1) is 0 Å². The summed E-state index contributed by atoms with van der Waals surface area (Å²) in [4.78, 5) is 20.6. The Hall–Kier alpha value is -3.51. The molecule has 0 amide bonds. The smallest absolute Gasteiger partial charge is 0.125 e. The number of aryl methyl sites for hydroxylation is 1. The van der Waals surface area contributed by atoms with Crippen LogP contribution in [0.3, 0.4) is 0 Å². The third-order valence-corrected chi connectivity index (χ3v) is 6.77. The summed E-state index contributed by atoms with van der Waals surface area (Å²) in [7, 11) is 3.79. The molecule has 5 nitrogen and oxygen atoms in total. The number of aromatic amines is 1. The molecule has 1 N–H and O–H groups in total. The van der Waals surface area contributed by atoms with Crippen molar-refractivity contribution in [2.45, 2.75) is 31.1 Å². The first kappa shape index (κ1) is 24.6. The Labute approximate surface area is 206 Å². The molecule has 1 aromatic heterocycles. The normalized spacial score (nSPS) is 15.3. The average Bonchev–Trinajstić information content (AvgIpc) is 3.33. The standard InChI is InChI=1S/C19H20FN3.C10H12O2/c1-23-11-9-19(10-12-23,14-5-3-2-4-6-14)18-21-16-8-7-15(20)13-17(16)22-18;1-12-10-6-4-9(5-7-10)3-2-8-11/h2-8,13H,9-12H2,1H3,(H,21,22);4-8H,2-3H2,1H3. The van der Waals surface area contributed by atoms with Gasteiger partial charge in [-0.2, -0.15) is 0 Å². The van der Waals surface area contributed by atoms with Crippen LogP contribution in [0, 0.1) is 5.82 Å². The molecule has 182 valence electrons. The third-order valence-electron chi connectivity index (χ3n) is 6.77. The molecule has 0 spiro atoms. The molecule has 35 heavy (non-hydrogen) atoms. The number of nitrogens with one attached hydrogen (secondary N) is 1. The van der Waals surface area contributed by atoms with Crippen molar-refractivity contribution in [2.75, 3.05) is 27.2 Å². The number of likely N-dealkylation sites (tertiary alicyclic amines) is 1. The first-order chi connectivity index (χ1) is 17.0. The summed E-state index contributed by atoms with van der Waals surface area (Å²) in [5.74, 6) is 1.58. The zero-order valence-electron chi connectivity index (χ0n) is 20.3. The maximum absolute atomic E-state index is 13.5. The maximum Gasteiger partial charge on any atom is 0.125 e. The zero-order chi connectivity index (χ0) is 24.7. The summed E-state index contributed by atoms with van der Waals surface area (Å²) in [5, 5.41) is 0. The molecule has 0 radical (unpaired) electrons. The molecule has 1 aliphatic rings. The third kappa shape index (κ3) is 5.77. The predicted molar refractivity (Wildman–Crippen MR) is 137 cm³/mol. The van der Waals surface area contributed by atoms with Crippen LogP contribution in [0.5, 0.6) is 5.75 Å². The van der Waals surface area contributed by atoms with E-state index >= 15 is 0 Å². The summed E-state index contributed by atoms with van der Waals surface area (Å²) in [6, 6.07) is 23.1. The number of rotatable bonds is 6. The van der Waals surface area contributed by atoms with Crippen LogP contribution in [0.2, 0.25) is 0 Å². The highest BCUT2D eigenvalue weighted by Crippen LogP contribution is 2.40. The number of ether oxygens (including phenoxy) is 1. The van der Waals surface area contributed by atoms with Gasteiger partial charge in [-0.1, -0.05) is 42.5 Å². The predicted octanol–water partition coefficient (Wildman–Crippen LogP) is 5.54. The number of hydrogen-bond donors (Lipinski definition) is 1. The molecule has 0 saturated carbocycles. The number of aldehydes is 1. The van der Waals surface area contributed by atoms with Gasteiger partial charge in [0.05, 0.1) is 23.6 Å². The molecule has 1 fully saturated rings. The van der Waals surface area contributed by atoms with Crippen molar-refractivity contribution in [3.05, 3.63) is 95.6 Å². The van der Waals surface area contributed by atoms with E-state index in [4.69, 9.17) is 9.72 Å². The highest BCUT2D eigenvalue weighted by molar-refractivity contribution is 5.75. The number of H-pyrrole nitrogens is 1. The lowest BCUT2D eigenvalue weighted by Crippen LogP contribution is -2.42. The Balaban J connectivity index is 0.000000204. The molecule has 0 aliphatic carbocycles. The average molecular weight is 474 g/mol. The number of fused-ring (bicyclic) bond motifs is 1. The molecular formula is C29H32FN3O2. The highest BCUT2D eigenvalue weighted by atomic mass is 19.1. The summed E-state index contributed by atoms with van der Waals surface area (Å²) in [6.45, 7) is 2.06. The number of imidazole rings is 1. The highest BCUT2D eigenvalue weighted by Gasteiger charge is 2.39. The second-order valence-electron chi connectivity index (χ2n) is 9.05. The van der Waals surface area contributed by atoms with Crippen molar-refractivity contribution >= 4 is 17.3 Å². The molecule has 0 atom stereocenters. The lowest BCUT2D eigenvalue weighted by Gasteiger charge is -2.39. The van der Waals surface area contributed by atoms with E-state index in [0.29, 0.717) is 6.42 Å². The molecule has 6 heteroatoms. The van der Waals surface area contributed by atoms with Crippen molar-refractivity contribution in [2.24, 2.45) is 0 Å². The SMILES string of the molecule is CN1CCC(c2ccccc2)(c2nc3ccc(F)cc3[nH]2)CC1.COc1ccc(CCC=O)cc1. The number of hydrogen-bond acceptors (Lipinski definition) is 4. The Morgan fingerprint density at radius 1 is 1.06 bits per heavy atom. The molecular weight excluding hydrogens is 441 g/mol. The first-order valence-corrected chi connectivity index (χ1v) is 12.0. The molecule has 5 rings (SSSR count). The van der Waals surface area contributed by atoms with E-state index in [1.165, 1.54) is 23.3 Å². The van der Waals surface area contributed by atoms with Crippen molar-refractivity contribution in [1.29, 1.82) is 0 Å². The van der Waals surface area contributed by atoms with Crippen LogP contribution in [0.4, 0.5) is 4.39 Å². The van der Waals surface area contributed by atoms with Crippen molar-refractivity contribution in [3.8, 4) is 5.75 Å². The van der Waals surface area contributed by atoms with Crippen LogP contribution < -0.4 is 4.74 Å². The van der Waals surface area contributed by atoms with Gasteiger partial charge in [0.25, 0.3) is 0 Å². The number of aromatic nitrogens is 2. The lowest BCUT2D eigenvalue weighted by atomic mass is 9.72. The Morgan fingerprint density at radius 2 is 1.77 bits per heavy atom. The van der Waals surface area contributed by atoms with E-state index in [0.717, 1.165) is 61.2 Å². The van der Waals surface area contributed by atoms with Crippen LogP contribution in [0.25, 0.3) is 11.0 Å². The minimum atomic E-state index is -0.232. The van der Waals surface area contributed by atoms with Crippen LogP contribution in [0.15, 0.2) is 72.8 Å². The van der Waals surface area contributed by atoms with Crippen LogP contribution in [-0.2, 0) is 16.6 Å². The Bertz CT molecular complexity index is 1230. The number of carbonyl (C=O) groups excluding carboxylic acids is 1. The number of carbonyl (C=O) groups is 1.